The number of esters is 2. The molecule has 0 amide bonds. The highest BCUT2D eigenvalue weighted by atomic mass is 35.5. The fourth-order valence-corrected chi connectivity index (χ4v) is 3.95. The minimum absolute atomic E-state index is 0.225. The molecule has 0 radical (unpaired) electrons. The molecule has 0 aliphatic carbocycles. The Kier molecular flexibility index (Phi) is 8.38. The third kappa shape index (κ3) is 6.88. The van der Waals surface area contributed by atoms with Crippen molar-refractivity contribution in [3.05, 3.63) is 46.4 Å². The van der Waals surface area contributed by atoms with Crippen LogP contribution in [0.3, 0.4) is 0 Å². The first-order valence-corrected chi connectivity index (χ1v) is 11.2. The second-order valence-electron chi connectivity index (χ2n) is 6.61. The first kappa shape index (κ1) is 23.9. The number of carbonyl (C=O) groups is 2. The van der Waals surface area contributed by atoms with Crippen LogP contribution >= 0.6 is 34.5 Å². The first-order valence-electron chi connectivity index (χ1n) is 9.61. The van der Waals surface area contributed by atoms with Gasteiger partial charge in [-0.05, 0) is 36.4 Å². The van der Waals surface area contributed by atoms with Gasteiger partial charge in [-0.2, -0.15) is 0 Å². The summed E-state index contributed by atoms with van der Waals surface area (Å²) in [7, 11) is 0. The maximum absolute atomic E-state index is 11.0. The molecule has 0 fully saturated rings. The van der Waals surface area contributed by atoms with Crippen molar-refractivity contribution in [2.45, 2.75) is 13.8 Å². The van der Waals surface area contributed by atoms with Crippen LogP contribution in [0.15, 0.2) is 46.6 Å². The van der Waals surface area contributed by atoms with Crippen molar-refractivity contribution in [2.24, 2.45) is 10.2 Å². The molecule has 8 nitrogen and oxygen atoms in total. The SMILES string of the molecule is CC(=O)OCCN(CCOC(C)=O)c1ccc(N=Nc2nc3cc(Cl)c(Cl)cc3s2)cc1. The van der Waals surface area contributed by atoms with E-state index < -0.39 is 0 Å². The summed E-state index contributed by atoms with van der Waals surface area (Å²) in [4.78, 5) is 28.4. The lowest BCUT2D eigenvalue weighted by molar-refractivity contribution is -0.141. The Balaban J connectivity index is 1.69. The van der Waals surface area contributed by atoms with Crippen LogP contribution in [-0.2, 0) is 19.1 Å². The van der Waals surface area contributed by atoms with E-state index in [4.69, 9.17) is 32.7 Å². The summed E-state index contributed by atoms with van der Waals surface area (Å²) >= 11 is 13.4. The standard InChI is InChI=1S/C21H20Cl2N4O4S/c1-13(28)30-9-7-27(8-10-31-14(2)29)16-5-3-15(4-6-16)25-26-21-24-19-11-17(22)18(23)12-20(19)32-21/h3-6,11-12H,7-10H2,1-2H3. The fourth-order valence-electron chi connectivity index (χ4n) is 2.75. The molecule has 168 valence electrons. The van der Waals surface area contributed by atoms with Crippen LogP contribution in [0.1, 0.15) is 13.8 Å². The minimum Gasteiger partial charge on any atom is -0.464 e. The zero-order chi connectivity index (χ0) is 23.1. The van der Waals surface area contributed by atoms with Crippen molar-refractivity contribution in [1.82, 2.24) is 4.98 Å². The summed E-state index contributed by atoms with van der Waals surface area (Å²) in [6.45, 7) is 4.08. The van der Waals surface area contributed by atoms with Crippen molar-refractivity contribution in [3.63, 3.8) is 0 Å². The lowest BCUT2D eigenvalue weighted by atomic mass is 10.2. The Labute approximate surface area is 198 Å². The molecule has 0 saturated carbocycles. The van der Waals surface area contributed by atoms with E-state index in [1.54, 1.807) is 12.1 Å². The monoisotopic (exact) mass is 494 g/mol. The predicted octanol–water partition coefficient (Wildman–Crippen LogP) is 5.95. The second-order valence-corrected chi connectivity index (χ2v) is 8.44. The smallest absolute Gasteiger partial charge is 0.302 e. The van der Waals surface area contributed by atoms with Crippen LogP contribution in [0.5, 0.6) is 0 Å². The van der Waals surface area contributed by atoms with Gasteiger partial charge in [-0.3, -0.25) is 9.59 Å². The van der Waals surface area contributed by atoms with Crippen LogP contribution < -0.4 is 4.90 Å². The third-order valence-electron chi connectivity index (χ3n) is 4.22. The van der Waals surface area contributed by atoms with Crippen molar-refractivity contribution >= 4 is 73.2 Å². The minimum atomic E-state index is -0.347. The molecule has 3 aromatic rings. The highest BCUT2D eigenvalue weighted by molar-refractivity contribution is 7.22. The molecule has 11 heteroatoms. The van der Waals surface area contributed by atoms with E-state index in [1.165, 1.54) is 25.2 Å². The van der Waals surface area contributed by atoms with E-state index >= 15 is 0 Å². The Morgan fingerprint density at radius 3 is 2.16 bits per heavy atom. The van der Waals surface area contributed by atoms with Gasteiger partial charge in [0.15, 0.2) is 0 Å². The third-order valence-corrected chi connectivity index (χ3v) is 5.84. The van der Waals surface area contributed by atoms with E-state index in [0.717, 1.165) is 10.4 Å². The van der Waals surface area contributed by atoms with Crippen LogP contribution in [0.2, 0.25) is 10.0 Å². The lowest BCUT2D eigenvalue weighted by Gasteiger charge is -2.24. The molecule has 0 aliphatic heterocycles. The molecule has 0 N–H and O–H groups in total. The van der Waals surface area contributed by atoms with Gasteiger partial charge in [-0.1, -0.05) is 34.5 Å². The number of nitrogens with zero attached hydrogens (tertiary/aromatic N) is 4. The number of carbonyl (C=O) groups excluding carboxylic acids is 2. The topological polar surface area (TPSA) is 93.4 Å². The average Bonchev–Trinajstić information content (AvgIpc) is 3.13. The summed E-state index contributed by atoms with van der Waals surface area (Å²) in [6.07, 6.45) is 0. The summed E-state index contributed by atoms with van der Waals surface area (Å²) in [6, 6.07) is 10.8. The number of thiazole rings is 1. The van der Waals surface area contributed by atoms with E-state index in [9.17, 15) is 9.59 Å². The Morgan fingerprint density at radius 1 is 0.969 bits per heavy atom. The second kappa shape index (κ2) is 11.2. The van der Waals surface area contributed by atoms with Gasteiger partial charge in [-0.15, -0.1) is 10.2 Å². The zero-order valence-corrected chi connectivity index (χ0v) is 19.7. The summed E-state index contributed by atoms with van der Waals surface area (Å²) in [5, 5.41) is 9.84. The van der Waals surface area contributed by atoms with Gasteiger partial charge in [0.25, 0.3) is 0 Å². The maximum Gasteiger partial charge on any atom is 0.302 e. The first-order chi connectivity index (χ1) is 15.3. The van der Waals surface area contributed by atoms with Crippen LogP contribution in [0.25, 0.3) is 10.2 Å². The van der Waals surface area contributed by atoms with Gasteiger partial charge < -0.3 is 14.4 Å². The predicted molar refractivity (Wildman–Crippen MR) is 126 cm³/mol. The molecular formula is C21H20Cl2N4O4S. The summed E-state index contributed by atoms with van der Waals surface area (Å²) in [5.41, 5.74) is 2.22. The number of benzene rings is 2. The number of ether oxygens (including phenoxy) is 2. The molecule has 1 heterocycles. The number of hydrogen-bond acceptors (Lipinski definition) is 9. The van der Waals surface area contributed by atoms with Crippen molar-refractivity contribution in [2.75, 3.05) is 31.2 Å². The van der Waals surface area contributed by atoms with Gasteiger partial charge in [0.05, 0.1) is 39.0 Å². The molecular weight excluding hydrogens is 475 g/mol. The Bertz CT molecular complexity index is 1080. The Morgan fingerprint density at radius 2 is 1.56 bits per heavy atom. The van der Waals surface area contributed by atoms with Crippen LogP contribution in [0, 0.1) is 0 Å². The van der Waals surface area contributed by atoms with Crippen molar-refractivity contribution < 1.29 is 19.1 Å². The molecule has 3 rings (SSSR count). The maximum atomic E-state index is 11.0. The van der Waals surface area contributed by atoms with Crippen molar-refractivity contribution in [1.29, 1.82) is 0 Å². The normalized spacial score (nSPS) is 11.1. The number of azo groups is 1. The molecule has 1 aromatic heterocycles. The molecule has 0 bridgehead atoms. The molecule has 32 heavy (non-hydrogen) atoms. The number of fused-ring (bicyclic) bond motifs is 1. The lowest BCUT2D eigenvalue weighted by Crippen LogP contribution is -2.31. The zero-order valence-electron chi connectivity index (χ0n) is 17.4. The van der Waals surface area contributed by atoms with E-state index in [2.05, 4.69) is 15.2 Å². The number of anilines is 1. The van der Waals surface area contributed by atoms with Crippen molar-refractivity contribution in [3.8, 4) is 0 Å². The molecule has 0 saturated heterocycles. The van der Waals surface area contributed by atoms with E-state index in [1.807, 2.05) is 29.2 Å². The Hall–Kier alpha value is -2.75. The summed E-state index contributed by atoms with van der Waals surface area (Å²) in [5.74, 6) is -0.694. The summed E-state index contributed by atoms with van der Waals surface area (Å²) < 4.78 is 10.9. The average molecular weight is 495 g/mol. The number of halogens is 2. The molecule has 0 aliphatic rings. The van der Waals surface area contributed by atoms with E-state index in [-0.39, 0.29) is 25.2 Å². The number of aromatic nitrogens is 1. The van der Waals surface area contributed by atoms with Gasteiger partial charge in [0.1, 0.15) is 13.2 Å². The van der Waals surface area contributed by atoms with Crippen LogP contribution in [0.4, 0.5) is 16.5 Å². The largest absolute Gasteiger partial charge is 0.464 e. The van der Waals surface area contributed by atoms with Gasteiger partial charge in [-0.25, -0.2) is 4.98 Å². The van der Waals surface area contributed by atoms with Gasteiger partial charge >= 0.3 is 11.9 Å². The molecule has 0 atom stereocenters. The number of hydrogen-bond donors (Lipinski definition) is 0. The quantitative estimate of drug-likeness (QED) is 0.269. The molecule has 2 aromatic carbocycles. The van der Waals surface area contributed by atoms with Gasteiger partial charge in [0, 0.05) is 19.5 Å². The molecule has 0 unspecified atom stereocenters. The van der Waals surface area contributed by atoms with Crippen LogP contribution in [-0.4, -0.2) is 43.2 Å². The van der Waals surface area contributed by atoms with Gasteiger partial charge in [0.2, 0.25) is 5.13 Å². The number of rotatable bonds is 9. The highest BCUT2D eigenvalue weighted by Gasteiger charge is 2.10. The highest BCUT2D eigenvalue weighted by Crippen LogP contribution is 2.34. The van der Waals surface area contributed by atoms with E-state index in [0.29, 0.717) is 39.5 Å². The fraction of sp³-hybridized carbons (Fsp3) is 0.286. The molecule has 0 spiro atoms.